The molecule has 2 rings (SSSR count). The van der Waals surface area contributed by atoms with Crippen LogP contribution < -0.4 is 0 Å². The normalized spacial score (nSPS) is 34.1. The van der Waals surface area contributed by atoms with Crippen molar-refractivity contribution in [3.05, 3.63) is 0 Å². The molecular weight excluding hydrogens is 232 g/mol. The van der Waals surface area contributed by atoms with E-state index in [0.29, 0.717) is 19.0 Å². The molecule has 0 aromatic heterocycles. The van der Waals surface area contributed by atoms with Crippen LogP contribution in [0.5, 0.6) is 0 Å². The molecule has 2 heterocycles. The Morgan fingerprint density at radius 1 is 1.50 bits per heavy atom. The van der Waals surface area contributed by atoms with Crippen molar-refractivity contribution in [1.82, 2.24) is 9.80 Å². The van der Waals surface area contributed by atoms with Crippen molar-refractivity contribution in [2.24, 2.45) is 0 Å². The second-order valence-corrected chi connectivity index (χ2v) is 5.49. The van der Waals surface area contributed by atoms with E-state index in [1.54, 1.807) is 0 Å². The van der Waals surface area contributed by atoms with E-state index in [1.807, 2.05) is 0 Å². The highest BCUT2D eigenvalue weighted by Gasteiger charge is 2.37. The molecule has 2 fully saturated rings. The van der Waals surface area contributed by atoms with Crippen molar-refractivity contribution in [2.75, 3.05) is 33.8 Å². The van der Waals surface area contributed by atoms with Crippen LogP contribution in [0.3, 0.4) is 0 Å². The maximum absolute atomic E-state index is 11.6. The van der Waals surface area contributed by atoms with Gasteiger partial charge in [-0.1, -0.05) is 0 Å². The first-order chi connectivity index (χ1) is 8.61. The molecule has 2 aliphatic heterocycles. The molecule has 104 valence electrons. The zero-order valence-corrected chi connectivity index (χ0v) is 11.3. The van der Waals surface area contributed by atoms with Crippen LogP contribution in [0.2, 0.25) is 0 Å². The van der Waals surface area contributed by atoms with Gasteiger partial charge in [0.25, 0.3) is 0 Å². The summed E-state index contributed by atoms with van der Waals surface area (Å²) in [6.45, 7) is 2.63. The van der Waals surface area contributed by atoms with Gasteiger partial charge in [0.2, 0.25) is 0 Å². The summed E-state index contributed by atoms with van der Waals surface area (Å²) in [7, 11) is 3.57. The number of esters is 1. The first-order valence-electron chi connectivity index (χ1n) is 6.82. The first-order valence-corrected chi connectivity index (χ1v) is 6.82. The van der Waals surface area contributed by atoms with Crippen LogP contribution in [-0.2, 0) is 9.53 Å². The Morgan fingerprint density at radius 3 is 2.89 bits per heavy atom. The number of carbonyl (C=O) groups is 1. The van der Waals surface area contributed by atoms with Crippen molar-refractivity contribution in [1.29, 1.82) is 0 Å². The van der Waals surface area contributed by atoms with Gasteiger partial charge in [-0.2, -0.15) is 0 Å². The average Bonchev–Trinajstić information content (AvgIpc) is 2.92. The van der Waals surface area contributed by atoms with Crippen LogP contribution in [0.1, 0.15) is 25.7 Å². The summed E-state index contributed by atoms with van der Waals surface area (Å²) in [5.74, 6) is -0.216. The summed E-state index contributed by atoms with van der Waals surface area (Å²) in [5, 5.41) is 9.70. The molecule has 0 bridgehead atoms. The van der Waals surface area contributed by atoms with E-state index >= 15 is 0 Å². The molecule has 0 spiro atoms. The Labute approximate surface area is 109 Å². The Hall–Kier alpha value is -0.650. The maximum atomic E-state index is 11.6. The minimum atomic E-state index is -0.393. The molecule has 0 aromatic carbocycles. The molecule has 2 saturated heterocycles. The van der Waals surface area contributed by atoms with Crippen LogP contribution in [0.25, 0.3) is 0 Å². The maximum Gasteiger partial charge on any atom is 0.323 e. The van der Waals surface area contributed by atoms with Crippen LogP contribution in [-0.4, -0.2) is 72.9 Å². The van der Waals surface area contributed by atoms with Crippen molar-refractivity contribution in [3.63, 3.8) is 0 Å². The largest absolute Gasteiger partial charge is 0.468 e. The number of rotatable bonds is 4. The standard InChI is InChI=1S/C13H24N2O3/c1-14-6-3-4-10(14)5-7-15-9-11(16)8-12(15)13(17)18-2/h10-12,16H,3-9H2,1-2H3/t10-,11+,12-/m0/s1. The quantitative estimate of drug-likeness (QED) is 0.722. The molecule has 5 heteroatoms. The second-order valence-electron chi connectivity index (χ2n) is 5.49. The van der Waals surface area contributed by atoms with Crippen molar-refractivity contribution >= 4 is 5.97 Å². The van der Waals surface area contributed by atoms with Crippen LogP contribution in [0.4, 0.5) is 0 Å². The Kier molecular flexibility index (Phi) is 4.59. The number of β-amino-alcohol motifs (C(OH)–C–C–N with tert-alkyl or cyclic N) is 1. The van der Waals surface area contributed by atoms with Crippen molar-refractivity contribution < 1.29 is 14.6 Å². The summed E-state index contributed by atoms with van der Waals surface area (Å²) in [4.78, 5) is 16.1. The molecule has 0 saturated carbocycles. The van der Waals surface area contributed by atoms with Gasteiger partial charge >= 0.3 is 5.97 Å². The van der Waals surface area contributed by atoms with E-state index in [-0.39, 0.29) is 12.0 Å². The number of aliphatic hydroxyl groups excluding tert-OH is 1. The molecule has 3 atom stereocenters. The fourth-order valence-electron chi connectivity index (χ4n) is 3.17. The topological polar surface area (TPSA) is 53.0 Å². The average molecular weight is 256 g/mol. The van der Waals surface area contributed by atoms with Gasteiger partial charge in [0.1, 0.15) is 6.04 Å². The van der Waals surface area contributed by atoms with Crippen LogP contribution in [0, 0.1) is 0 Å². The van der Waals surface area contributed by atoms with E-state index in [1.165, 1.54) is 26.5 Å². The summed E-state index contributed by atoms with van der Waals surface area (Å²) >= 11 is 0. The third-order valence-electron chi connectivity index (χ3n) is 4.28. The summed E-state index contributed by atoms with van der Waals surface area (Å²) in [6.07, 6.45) is 3.69. The molecule has 1 N–H and O–H groups in total. The van der Waals surface area contributed by atoms with Gasteiger partial charge in [-0.15, -0.1) is 0 Å². The van der Waals surface area contributed by atoms with Crippen molar-refractivity contribution in [3.8, 4) is 0 Å². The molecule has 0 aliphatic carbocycles. The summed E-state index contributed by atoms with van der Waals surface area (Å²) in [5.41, 5.74) is 0. The first kappa shape index (κ1) is 13.8. The number of likely N-dealkylation sites (tertiary alicyclic amines) is 2. The van der Waals surface area contributed by atoms with E-state index in [0.717, 1.165) is 13.0 Å². The van der Waals surface area contributed by atoms with Gasteiger partial charge in [-0.25, -0.2) is 0 Å². The fourth-order valence-corrected chi connectivity index (χ4v) is 3.17. The lowest BCUT2D eigenvalue weighted by atomic mass is 10.1. The van der Waals surface area contributed by atoms with E-state index in [9.17, 15) is 9.90 Å². The zero-order valence-electron chi connectivity index (χ0n) is 11.3. The number of hydrogen-bond acceptors (Lipinski definition) is 5. The lowest BCUT2D eigenvalue weighted by Gasteiger charge is -2.26. The second kappa shape index (κ2) is 5.99. The molecule has 0 aromatic rings. The molecule has 0 amide bonds. The number of carbonyl (C=O) groups excluding carboxylic acids is 1. The third-order valence-corrected chi connectivity index (χ3v) is 4.28. The molecule has 2 aliphatic rings. The van der Waals surface area contributed by atoms with E-state index in [2.05, 4.69) is 16.8 Å². The zero-order chi connectivity index (χ0) is 13.1. The lowest BCUT2D eigenvalue weighted by molar-refractivity contribution is -0.145. The van der Waals surface area contributed by atoms with Crippen LogP contribution >= 0.6 is 0 Å². The molecule has 5 nitrogen and oxygen atoms in total. The van der Waals surface area contributed by atoms with Gasteiger partial charge in [0.05, 0.1) is 13.2 Å². The number of hydrogen-bond donors (Lipinski definition) is 1. The minimum absolute atomic E-state index is 0.216. The number of nitrogens with zero attached hydrogens (tertiary/aromatic N) is 2. The fraction of sp³-hybridized carbons (Fsp3) is 0.923. The van der Waals surface area contributed by atoms with Gasteiger partial charge in [0.15, 0.2) is 0 Å². The molecule has 0 unspecified atom stereocenters. The number of ether oxygens (including phenoxy) is 1. The number of methoxy groups -OCH3 is 1. The third kappa shape index (κ3) is 3.02. The predicted octanol–water partition coefficient (Wildman–Crippen LogP) is 0.0789. The number of aliphatic hydroxyl groups is 1. The molecular formula is C13H24N2O3. The van der Waals surface area contributed by atoms with Gasteiger partial charge < -0.3 is 14.7 Å². The van der Waals surface area contributed by atoms with Crippen molar-refractivity contribution in [2.45, 2.75) is 43.9 Å². The smallest absolute Gasteiger partial charge is 0.323 e. The summed E-state index contributed by atoms with van der Waals surface area (Å²) in [6, 6.07) is 0.373. The highest BCUT2D eigenvalue weighted by atomic mass is 16.5. The molecule has 18 heavy (non-hydrogen) atoms. The highest BCUT2D eigenvalue weighted by molar-refractivity contribution is 5.76. The predicted molar refractivity (Wildman–Crippen MR) is 68.3 cm³/mol. The Morgan fingerprint density at radius 2 is 2.28 bits per heavy atom. The van der Waals surface area contributed by atoms with Gasteiger partial charge in [0, 0.05) is 25.6 Å². The van der Waals surface area contributed by atoms with Crippen LogP contribution in [0.15, 0.2) is 0 Å². The summed E-state index contributed by atoms with van der Waals surface area (Å²) < 4.78 is 4.80. The monoisotopic (exact) mass is 256 g/mol. The molecule has 0 radical (unpaired) electrons. The highest BCUT2D eigenvalue weighted by Crippen LogP contribution is 2.23. The van der Waals surface area contributed by atoms with Gasteiger partial charge in [-0.05, 0) is 32.9 Å². The SMILES string of the molecule is COC(=O)[C@@H]1C[C@@H](O)CN1CC[C@@H]1CCCN1C. The van der Waals surface area contributed by atoms with E-state index in [4.69, 9.17) is 4.74 Å². The minimum Gasteiger partial charge on any atom is -0.468 e. The van der Waals surface area contributed by atoms with E-state index < -0.39 is 6.10 Å². The Bertz CT molecular complexity index is 298. The lowest BCUT2D eigenvalue weighted by Crippen LogP contribution is -2.39. The Balaban J connectivity index is 1.85. The van der Waals surface area contributed by atoms with Gasteiger partial charge in [-0.3, -0.25) is 9.69 Å².